The molecule has 0 aliphatic carbocycles. The van der Waals surface area contributed by atoms with Crippen LogP contribution in [0.4, 0.5) is 0 Å². The second-order valence-corrected chi connectivity index (χ2v) is 10.1. The summed E-state index contributed by atoms with van der Waals surface area (Å²) in [4.78, 5) is 34.6. The maximum atomic E-state index is 12.0. The Morgan fingerprint density at radius 1 is 0.686 bits per heavy atom. The lowest BCUT2D eigenvalue weighted by Crippen LogP contribution is -2.40. The van der Waals surface area contributed by atoms with Crippen LogP contribution in [0.25, 0.3) is 0 Å². The van der Waals surface area contributed by atoms with Crippen molar-refractivity contribution in [2.75, 3.05) is 26.3 Å². The highest BCUT2D eigenvalue weighted by atomic mass is 79.9. The molecule has 3 aromatic carbocycles. The molecule has 0 saturated carbocycles. The lowest BCUT2D eigenvalue weighted by Gasteiger charge is -2.26. The van der Waals surface area contributed by atoms with E-state index in [1.54, 1.807) is 48.5 Å². The largest absolute Gasteiger partial charge is 0.478 e. The number of benzene rings is 3. The van der Waals surface area contributed by atoms with Crippen LogP contribution in [0.1, 0.15) is 31.1 Å². The second kappa shape index (κ2) is 15.2. The van der Waals surface area contributed by atoms with Gasteiger partial charge in [-0.3, -0.25) is 9.59 Å². The highest BCUT2D eigenvalue weighted by Crippen LogP contribution is 2.13. The number of hydrogen-bond donors (Lipinski definition) is 1. The fraction of sp³-hybridized carbons (Fsp3) is 0.160. The molecule has 184 valence electrons. The minimum atomic E-state index is -0.896. The lowest BCUT2D eigenvalue weighted by atomic mass is 10.2. The van der Waals surface area contributed by atoms with Crippen LogP contribution in [0.3, 0.4) is 0 Å². The van der Waals surface area contributed by atoms with Gasteiger partial charge in [-0.25, -0.2) is 4.79 Å². The van der Waals surface area contributed by atoms with Gasteiger partial charge in [0, 0.05) is 37.6 Å². The summed E-state index contributed by atoms with van der Waals surface area (Å²) in [6.07, 6.45) is 0. The predicted molar refractivity (Wildman–Crippen MR) is 146 cm³/mol. The number of carbonyl (C=O) groups excluding carboxylic acids is 2. The van der Waals surface area contributed by atoms with E-state index in [9.17, 15) is 14.4 Å². The van der Waals surface area contributed by atoms with E-state index in [-0.39, 0.29) is 5.91 Å². The van der Waals surface area contributed by atoms with Crippen LogP contribution < -0.4 is 0 Å². The molecule has 0 spiro atoms. The second-order valence-electron chi connectivity index (χ2n) is 7.00. The van der Waals surface area contributed by atoms with Crippen molar-refractivity contribution >= 4 is 76.5 Å². The van der Waals surface area contributed by atoms with E-state index in [0.29, 0.717) is 37.4 Å². The first-order valence-corrected chi connectivity index (χ1v) is 13.0. The predicted octanol–water partition coefficient (Wildman–Crippen LogP) is 6.90. The van der Waals surface area contributed by atoms with Crippen molar-refractivity contribution in [1.29, 1.82) is 0 Å². The van der Waals surface area contributed by atoms with Gasteiger partial charge in [-0.15, -0.1) is 0 Å². The molecule has 1 amide bonds. The number of carboxylic acid groups (broad SMARTS) is 1. The number of ether oxygens (including phenoxy) is 1. The molecule has 3 aromatic rings. The van der Waals surface area contributed by atoms with Gasteiger partial charge in [0.25, 0.3) is 11.1 Å². The molecule has 1 aliphatic rings. The van der Waals surface area contributed by atoms with Gasteiger partial charge in [-0.05, 0) is 84.4 Å². The van der Waals surface area contributed by atoms with Crippen molar-refractivity contribution in [3.63, 3.8) is 0 Å². The number of hydrogen-bond acceptors (Lipinski definition) is 4. The van der Waals surface area contributed by atoms with Crippen molar-refractivity contribution in [1.82, 2.24) is 4.90 Å². The first kappa shape index (κ1) is 29.2. The maximum absolute atomic E-state index is 12.0. The molecule has 35 heavy (non-hydrogen) atoms. The van der Waals surface area contributed by atoms with E-state index in [0.717, 1.165) is 19.0 Å². The number of halogens is 4. The van der Waals surface area contributed by atoms with Gasteiger partial charge >= 0.3 is 5.97 Å². The van der Waals surface area contributed by atoms with Crippen molar-refractivity contribution < 1.29 is 24.2 Å². The average Bonchev–Trinajstić information content (AvgIpc) is 2.86. The molecule has 0 radical (unpaired) electrons. The SMILES string of the molecule is O=C(Cl)c1ccc(Br)cc1.O=C(O)c1ccc(Br)cc1.O=C(c1ccc(Br)cc1)N1CCOCC1. The van der Waals surface area contributed by atoms with E-state index >= 15 is 0 Å². The van der Waals surface area contributed by atoms with Crippen LogP contribution in [0.15, 0.2) is 86.2 Å². The highest BCUT2D eigenvalue weighted by molar-refractivity contribution is 9.11. The van der Waals surface area contributed by atoms with Gasteiger partial charge in [-0.1, -0.05) is 47.8 Å². The zero-order chi connectivity index (χ0) is 25.8. The van der Waals surface area contributed by atoms with Crippen LogP contribution >= 0.6 is 59.4 Å². The smallest absolute Gasteiger partial charge is 0.335 e. The zero-order valence-electron chi connectivity index (χ0n) is 18.3. The molecule has 0 unspecified atom stereocenters. The number of morpholine rings is 1. The number of aromatic carboxylic acids is 1. The van der Waals surface area contributed by atoms with Crippen molar-refractivity contribution in [3.8, 4) is 0 Å². The molecule has 1 fully saturated rings. The van der Waals surface area contributed by atoms with Crippen molar-refractivity contribution in [3.05, 3.63) is 103 Å². The van der Waals surface area contributed by atoms with E-state index < -0.39 is 11.2 Å². The van der Waals surface area contributed by atoms with Crippen LogP contribution in [0.5, 0.6) is 0 Å². The Balaban J connectivity index is 0.000000192. The Hall–Kier alpha value is -2.04. The van der Waals surface area contributed by atoms with Gasteiger partial charge in [0.05, 0.1) is 18.8 Å². The summed E-state index contributed by atoms with van der Waals surface area (Å²) < 4.78 is 8.02. The molecule has 10 heteroatoms. The molecule has 0 aromatic heterocycles. The molecule has 0 atom stereocenters. The molecule has 1 aliphatic heterocycles. The number of carbonyl (C=O) groups is 3. The third kappa shape index (κ3) is 10.6. The fourth-order valence-corrected chi connectivity index (χ4v) is 3.63. The first-order chi connectivity index (χ1) is 16.7. The van der Waals surface area contributed by atoms with Crippen LogP contribution in [0.2, 0.25) is 0 Å². The molecular formula is C25H21Br3ClNO5. The van der Waals surface area contributed by atoms with Crippen LogP contribution in [-0.4, -0.2) is 53.4 Å². The normalized spacial score (nSPS) is 12.4. The van der Waals surface area contributed by atoms with Gasteiger partial charge in [-0.2, -0.15) is 0 Å². The van der Waals surface area contributed by atoms with Gasteiger partial charge < -0.3 is 14.7 Å². The Bertz CT molecular complexity index is 1060. The number of amides is 1. The monoisotopic (exact) mass is 687 g/mol. The average molecular weight is 691 g/mol. The number of nitrogens with zero attached hydrogens (tertiary/aromatic N) is 1. The topological polar surface area (TPSA) is 83.9 Å². The Morgan fingerprint density at radius 2 is 1.06 bits per heavy atom. The standard InChI is InChI=1S/C11H12BrNO2.C7H4BrClO.C7H5BrO2/c12-10-3-1-9(2-4-10)11(14)13-5-7-15-8-6-13;2*8-6-3-1-5(2-4-6)7(9)10/h1-4H,5-8H2;1-4H;1-4H,(H,9,10). The van der Waals surface area contributed by atoms with E-state index in [1.807, 2.05) is 29.2 Å². The summed E-state index contributed by atoms with van der Waals surface area (Å²) in [6, 6.07) is 20.8. The minimum Gasteiger partial charge on any atom is -0.478 e. The number of carboxylic acids is 1. The summed E-state index contributed by atoms with van der Waals surface area (Å²) in [6.45, 7) is 2.66. The van der Waals surface area contributed by atoms with Crippen molar-refractivity contribution in [2.24, 2.45) is 0 Å². The van der Waals surface area contributed by atoms with Crippen LogP contribution in [0, 0.1) is 0 Å². The summed E-state index contributed by atoms with van der Waals surface area (Å²) in [5, 5.41) is 8.04. The Kier molecular flexibility index (Phi) is 12.6. The van der Waals surface area contributed by atoms with E-state index in [2.05, 4.69) is 47.8 Å². The summed E-state index contributed by atoms with van der Waals surface area (Å²) in [7, 11) is 0. The molecule has 1 saturated heterocycles. The molecular weight excluding hydrogens is 669 g/mol. The lowest BCUT2D eigenvalue weighted by molar-refractivity contribution is 0.0303. The van der Waals surface area contributed by atoms with E-state index in [1.165, 1.54) is 0 Å². The Labute approximate surface area is 233 Å². The minimum absolute atomic E-state index is 0.0887. The summed E-state index contributed by atoms with van der Waals surface area (Å²) in [5.41, 5.74) is 1.56. The molecule has 4 rings (SSSR count). The van der Waals surface area contributed by atoms with Crippen molar-refractivity contribution in [2.45, 2.75) is 0 Å². The first-order valence-electron chi connectivity index (χ1n) is 10.2. The highest BCUT2D eigenvalue weighted by Gasteiger charge is 2.17. The van der Waals surface area contributed by atoms with Gasteiger partial charge in [0.1, 0.15) is 0 Å². The Morgan fingerprint density at radius 3 is 1.43 bits per heavy atom. The fourth-order valence-electron chi connectivity index (χ4n) is 2.71. The van der Waals surface area contributed by atoms with E-state index in [4.69, 9.17) is 21.4 Å². The molecule has 1 N–H and O–H groups in total. The third-order valence-corrected chi connectivity index (χ3v) is 6.36. The summed E-state index contributed by atoms with van der Waals surface area (Å²) in [5.74, 6) is -0.807. The third-order valence-electron chi connectivity index (χ3n) is 4.55. The quantitative estimate of drug-likeness (QED) is 0.303. The zero-order valence-corrected chi connectivity index (χ0v) is 23.8. The maximum Gasteiger partial charge on any atom is 0.335 e. The van der Waals surface area contributed by atoms with Gasteiger partial charge in [0.15, 0.2) is 0 Å². The number of rotatable bonds is 3. The molecule has 6 nitrogen and oxygen atoms in total. The van der Waals surface area contributed by atoms with Gasteiger partial charge in [0.2, 0.25) is 0 Å². The molecule has 1 heterocycles. The summed E-state index contributed by atoms with van der Waals surface area (Å²) >= 11 is 15.0. The van der Waals surface area contributed by atoms with Crippen LogP contribution in [-0.2, 0) is 4.74 Å². The molecule has 0 bridgehead atoms.